The van der Waals surface area contributed by atoms with Gasteiger partial charge < -0.3 is 5.32 Å². The Morgan fingerprint density at radius 3 is 2.48 bits per heavy atom. The summed E-state index contributed by atoms with van der Waals surface area (Å²) in [5, 5.41) is 4.21. The molecular weight excluding hydrogens is 285 g/mol. The topological polar surface area (TPSA) is 12.0 Å². The average Bonchev–Trinajstić information content (AvgIpc) is 2.40. The van der Waals surface area contributed by atoms with Gasteiger partial charge in [0.05, 0.1) is 0 Å². The Morgan fingerprint density at radius 2 is 1.86 bits per heavy atom. The van der Waals surface area contributed by atoms with Crippen LogP contribution in [-0.4, -0.2) is 12.1 Å². The fraction of sp³-hybridized carbons (Fsp3) is 0.667. The van der Waals surface area contributed by atoms with E-state index in [2.05, 4.69) is 26.1 Å². The lowest BCUT2D eigenvalue weighted by Crippen LogP contribution is -2.41. The van der Waals surface area contributed by atoms with Gasteiger partial charge in [-0.25, -0.2) is 4.39 Å². The van der Waals surface area contributed by atoms with Gasteiger partial charge in [0.1, 0.15) is 5.82 Å². The van der Waals surface area contributed by atoms with Crippen LogP contribution in [0.1, 0.15) is 52.0 Å². The summed E-state index contributed by atoms with van der Waals surface area (Å²) in [5.41, 5.74) is 1.25. The van der Waals surface area contributed by atoms with E-state index in [0.29, 0.717) is 16.9 Å². The molecule has 0 spiro atoms. The number of hydrogen-bond acceptors (Lipinski definition) is 1. The summed E-state index contributed by atoms with van der Waals surface area (Å²) in [6, 6.07) is 4.80. The minimum atomic E-state index is -0.252. The van der Waals surface area contributed by atoms with Crippen molar-refractivity contribution in [2.24, 2.45) is 11.8 Å². The lowest BCUT2D eigenvalue weighted by Gasteiger charge is -2.34. The summed E-state index contributed by atoms with van der Waals surface area (Å²) in [6.07, 6.45) is 6.13. The van der Waals surface area contributed by atoms with Gasteiger partial charge in [-0.05, 0) is 76.1 Å². The van der Waals surface area contributed by atoms with E-state index >= 15 is 0 Å². The summed E-state index contributed by atoms with van der Waals surface area (Å²) < 4.78 is 13.2. The molecule has 0 amide bonds. The Balaban J connectivity index is 2.01. The quantitative estimate of drug-likeness (QED) is 0.804. The molecule has 0 saturated heterocycles. The third-order valence-electron chi connectivity index (χ3n) is 4.46. The highest BCUT2D eigenvalue weighted by Crippen LogP contribution is 2.34. The van der Waals surface area contributed by atoms with Gasteiger partial charge >= 0.3 is 0 Å². The Labute approximate surface area is 133 Å². The van der Waals surface area contributed by atoms with Gasteiger partial charge in [-0.2, -0.15) is 0 Å². The molecule has 0 bridgehead atoms. The predicted octanol–water partition coefficient (Wildman–Crippen LogP) is 5.22. The van der Waals surface area contributed by atoms with Crippen molar-refractivity contribution in [1.82, 2.24) is 5.32 Å². The molecule has 1 aromatic carbocycles. The first kappa shape index (κ1) is 16.8. The van der Waals surface area contributed by atoms with Crippen LogP contribution >= 0.6 is 11.6 Å². The van der Waals surface area contributed by atoms with Crippen LogP contribution in [0.3, 0.4) is 0 Å². The molecule has 0 radical (unpaired) electrons. The van der Waals surface area contributed by atoms with Crippen molar-refractivity contribution in [3.63, 3.8) is 0 Å². The van der Waals surface area contributed by atoms with Crippen LogP contribution in [0.5, 0.6) is 0 Å². The summed E-state index contributed by atoms with van der Waals surface area (Å²) >= 11 is 6.19. The van der Waals surface area contributed by atoms with Gasteiger partial charge in [0, 0.05) is 10.6 Å². The van der Waals surface area contributed by atoms with E-state index in [9.17, 15) is 4.39 Å². The van der Waals surface area contributed by atoms with E-state index in [4.69, 9.17) is 11.6 Å². The summed E-state index contributed by atoms with van der Waals surface area (Å²) in [4.78, 5) is 0. The Kier molecular flexibility index (Phi) is 5.67. The van der Waals surface area contributed by atoms with Crippen LogP contribution < -0.4 is 5.32 Å². The maximum Gasteiger partial charge on any atom is 0.124 e. The normalized spacial score (nSPS) is 23.3. The first-order valence-electron chi connectivity index (χ1n) is 8.04. The first-order valence-corrected chi connectivity index (χ1v) is 8.42. The Bertz CT molecular complexity index is 467. The van der Waals surface area contributed by atoms with Crippen molar-refractivity contribution in [2.75, 3.05) is 6.54 Å². The number of rotatable bonds is 4. The molecule has 0 aromatic heterocycles. The zero-order valence-corrected chi connectivity index (χ0v) is 14.1. The van der Waals surface area contributed by atoms with E-state index in [1.54, 1.807) is 0 Å². The molecular formula is C18H27ClFN. The van der Waals surface area contributed by atoms with Gasteiger partial charge in [0.15, 0.2) is 0 Å². The molecule has 1 saturated carbocycles. The molecule has 0 heterocycles. The zero-order chi connectivity index (χ0) is 15.5. The van der Waals surface area contributed by atoms with Crippen LogP contribution in [0.15, 0.2) is 18.2 Å². The highest BCUT2D eigenvalue weighted by Gasteiger charge is 2.26. The molecule has 1 aromatic rings. The molecule has 2 unspecified atom stereocenters. The minimum absolute atomic E-state index is 0.162. The smallest absolute Gasteiger partial charge is 0.124 e. The van der Waals surface area contributed by atoms with E-state index in [1.807, 2.05) is 6.07 Å². The van der Waals surface area contributed by atoms with Crippen molar-refractivity contribution in [3.8, 4) is 0 Å². The SMILES string of the molecule is CC(C)(C)NCC1CCCCC1Cc1ccc(F)cc1Cl. The summed E-state index contributed by atoms with van der Waals surface area (Å²) in [6.45, 7) is 7.69. The second kappa shape index (κ2) is 7.11. The van der Waals surface area contributed by atoms with Crippen LogP contribution in [-0.2, 0) is 6.42 Å². The second-order valence-electron chi connectivity index (χ2n) is 7.38. The van der Waals surface area contributed by atoms with E-state index in [-0.39, 0.29) is 11.4 Å². The largest absolute Gasteiger partial charge is 0.312 e. The monoisotopic (exact) mass is 311 g/mol. The predicted molar refractivity (Wildman–Crippen MR) is 88.3 cm³/mol. The minimum Gasteiger partial charge on any atom is -0.312 e. The Morgan fingerprint density at radius 1 is 1.19 bits per heavy atom. The molecule has 21 heavy (non-hydrogen) atoms. The molecule has 118 valence electrons. The van der Waals surface area contributed by atoms with Crippen molar-refractivity contribution >= 4 is 11.6 Å². The summed E-state index contributed by atoms with van der Waals surface area (Å²) in [5.74, 6) is 1.09. The van der Waals surface area contributed by atoms with Crippen LogP contribution in [0.25, 0.3) is 0 Å². The van der Waals surface area contributed by atoms with Gasteiger partial charge in [-0.1, -0.05) is 30.5 Å². The van der Waals surface area contributed by atoms with Crippen LogP contribution in [0.2, 0.25) is 5.02 Å². The van der Waals surface area contributed by atoms with Gasteiger partial charge in [0.2, 0.25) is 0 Å². The second-order valence-corrected chi connectivity index (χ2v) is 7.78. The number of halogens is 2. The summed E-state index contributed by atoms with van der Waals surface area (Å²) in [7, 11) is 0. The molecule has 2 atom stereocenters. The maximum atomic E-state index is 13.2. The van der Waals surface area contributed by atoms with Crippen molar-refractivity contribution < 1.29 is 4.39 Å². The third-order valence-corrected chi connectivity index (χ3v) is 4.81. The van der Waals surface area contributed by atoms with Crippen molar-refractivity contribution in [3.05, 3.63) is 34.6 Å². The van der Waals surface area contributed by atoms with Gasteiger partial charge in [-0.15, -0.1) is 0 Å². The number of hydrogen-bond donors (Lipinski definition) is 1. The molecule has 1 fully saturated rings. The lowest BCUT2D eigenvalue weighted by molar-refractivity contribution is 0.213. The van der Waals surface area contributed by atoms with Crippen LogP contribution in [0, 0.1) is 17.7 Å². The molecule has 3 heteroatoms. The highest BCUT2D eigenvalue weighted by molar-refractivity contribution is 6.31. The maximum absolute atomic E-state index is 13.2. The lowest BCUT2D eigenvalue weighted by atomic mass is 9.76. The fourth-order valence-electron chi connectivity index (χ4n) is 3.23. The molecule has 1 N–H and O–H groups in total. The van der Waals surface area contributed by atoms with Gasteiger partial charge in [-0.3, -0.25) is 0 Å². The molecule has 0 aliphatic heterocycles. The van der Waals surface area contributed by atoms with Gasteiger partial charge in [0.25, 0.3) is 0 Å². The molecule has 1 aliphatic carbocycles. The van der Waals surface area contributed by atoms with E-state index in [1.165, 1.54) is 37.8 Å². The Hall–Kier alpha value is -0.600. The zero-order valence-electron chi connectivity index (χ0n) is 13.4. The van der Waals surface area contributed by atoms with Crippen molar-refractivity contribution in [1.29, 1.82) is 0 Å². The van der Waals surface area contributed by atoms with Crippen molar-refractivity contribution in [2.45, 2.75) is 58.4 Å². The highest BCUT2D eigenvalue weighted by atomic mass is 35.5. The molecule has 2 rings (SSSR count). The number of benzene rings is 1. The third kappa shape index (κ3) is 5.27. The first-order chi connectivity index (χ1) is 9.85. The van der Waals surface area contributed by atoms with E-state index < -0.39 is 0 Å². The standard InChI is InChI=1S/C18H27ClFN/c1-18(2,3)21-12-15-7-5-4-6-13(15)10-14-8-9-16(20)11-17(14)19/h8-9,11,13,15,21H,4-7,10,12H2,1-3H3. The van der Waals surface area contributed by atoms with E-state index in [0.717, 1.165) is 18.5 Å². The fourth-order valence-corrected chi connectivity index (χ4v) is 3.47. The molecule has 1 aliphatic rings. The average molecular weight is 312 g/mol. The number of nitrogens with one attached hydrogen (secondary N) is 1. The van der Waals surface area contributed by atoms with Crippen LogP contribution in [0.4, 0.5) is 4.39 Å². The molecule has 1 nitrogen and oxygen atoms in total.